The van der Waals surface area contributed by atoms with Gasteiger partial charge in [-0.25, -0.2) is 15.0 Å². The number of fused-ring (bicyclic) bond motifs is 1. The van der Waals surface area contributed by atoms with Crippen LogP contribution < -0.4 is 0 Å². The summed E-state index contributed by atoms with van der Waals surface area (Å²) in [5.41, 5.74) is 1.39. The second-order valence-electron chi connectivity index (χ2n) is 4.02. The molecule has 1 saturated heterocycles. The van der Waals surface area contributed by atoms with E-state index in [0.29, 0.717) is 11.4 Å². The summed E-state index contributed by atoms with van der Waals surface area (Å²) >= 11 is 1.44. The van der Waals surface area contributed by atoms with Crippen LogP contribution in [0.4, 0.5) is 0 Å². The second kappa shape index (κ2) is 4.81. The van der Waals surface area contributed by atoms with Crippen LogP contribution in [-0.2, 0) is 4.74 Å². The summed E-state index contributed by atoms with van der Waals surface area (Å²) in [7, 11) is 0. The van der Waals surface area contributed by atoms with E-state index >= 15 is 0 Å². The Balaban J connectivity index is 1.72. The van der Waals surface area contributed by atoms with Crippen molar-refractivity contribution in [3.63, 3.8) is 0 Å². The second-order valence-corrected chi connectivity index (χ2v) is 5.03. The maximum atomic E-state index is 9.67. The highest BCUT2D eigenvalue weighted by molar-refractivity contribution is 7.99. The van der Waals surface area contributed by atoms with Gasteiger partial charge in [0.2, 0.25) is 0 Å². The summed E-state index contributed by atoms with van der Waals surface area (Å²) in [6.07, 6.45) is 1.00. The van der Waals surface area contributed by atoms with Gasteiger partial charge in [0.05, 0.1) is 19.0 Å². The summed E-state index contributed by atoms with van der Waals surface area (Å²) in [5.74, 6) is 0.517. The highest BCUT2D eigenvalue weighted by Gasteiger charge is 2.34. The molecule has 1 aliphatic rings. The molecule has 3 unspecified atom stereocenters. The Hall–Kier alpha value is -1.22. The zero-order valence-corrected chi connectivity index (χ0v) is 10.2. The molecule has 1 aliphatic heterocycles. The highest BCUT2D eigenvalue weighted by atomic mass is 32.2. The molecule has 3 heterocycles. The molecule has 0 spiro atoms. The molecule has 3 N–H and O–H groups in total. The fourth-order valence-electron chi connectivity index (χ4n) is 1.83. The average Bonchev–Trinajstić information content (AvgIpc) is 2.97. The number of aliphatic hydroxyl groups excluding tert-OH is 2. The van der Waals surface area contributed by atoms with Crippen LogP contribution in [-0.4, -0.2) is 60.8 Å². The molecule has 96 valence electrons. The van der Waals surface area contributed by atoms with Crippen molar-refractivity contribution in [1.29, 1.82) is 0 Å². The van der Waals surface area contributed by atoms with E-state index in [1.54, 1.807) is 6.33 Å². The van der Waals surface area contributed by atoms with E-state index in [4.69, 9.17) is 4.74 Å². The van der Waals surface area contributed by atoms with Crippen LogP contribution in [0.5, 0.6) is 0 Å². The molecule has 0 radical (unpaired) electrons. The molecule has 0 amide bonds. The fraction of sp³-hybridized carbons (Fsp3) is 0.500. The summed E-state index contributed by atoms with van der Waals surface area (Å²) in [6, 6.07) is 0. The molecule has 0 aromatic carbocycles. The van der Waals surface area contributed by atoms with Crippen molar-refractivity contribution in [2.24, 2.45) is 0 Å². The van der Waals surface area contributed by atoms with Crippen molar-refractivity contribution in [3.8, 4) is 0 Å². The number of nitrogens with one attached hydrogen (secondary N) is 1. The van der Waals surface area contributed by atoms with Gasteiger partial charge < -0.3 is 19.9 Å². The summed E-state index contributed by atoms with van der Waals surface area (Å²) in [4.78, 5) is 15.2. The molecule has 18 heavy (non-hydrogen) atoms. The molecule has 0 aliphatic carbocycles. The number of nitrogens with zero attached hydrogens (tertiary/aromatic N) is 3. The van der Waals surface area contributed by atoms with Crippen LogP contribution in [0.2, 0.25) is 0 Å². The first kappa shape index (κ1) is 11.8. The average molecular weight is 268 g/mol. The van der Waals surface area contributed by atoms with Crippen LogP contribution in [0.1, 0.15) is 0 Å². The predicted octanol–water partition coefficient (Wildman–Crippen LogP) is -0.434. The van der Waals surface area contributed by atoms with Crippen molar-refractivity contribution in [2.45, 2.75) is 23.3 Å². The van der Waals surface area contributed by atoms with Crippen molar-refractivity contribution < 1.29 is 14.9 Å². The van der Waals surface area contributed by atoms with Gasteiger partial charge >= 0.3 is 0 Å². The zero-order chi connectivity index (χ0) is 12.5. The molecule has 2 aromatic heterocycles. The minimum atomic E-state index is -0.836. The predicted molar refractivity (Wildman–Crippen MR) is 64.2 cm³/mol. The first-order chi connectivity index (χ1) is 8.75. The van der Waals surface area contributed by atoms with E-state index in [-0.39, 0.29) is 12.7 Å². The molecule has 0 bridgehead atoms. The number of aliphatic hydroxyl groups is 2. The third-order valence-corrected chi connectivity index (χ3v) is 3.91. The van der Waals surface area contributed by atoms with Gasteiger partial charge in [-0.05, 0) is 0 Å². The van der Waals surface area contributed by atoms with Crippen LogP contribution in [0.3, 0.4) is 0 Å². The smallest absolute Gasteiger partial charge is 0.181 e. The van der Waals surface area contributed by atoms with E-state index in [9.17, 15) is 10.2 Å². The molecule has 0 saturated carbocycles. The van der Waals surface area contributed by atoms with E-state index in [1.165, 1.54) is 18.1 Å². The Kier molecular flexibility index (Phi) is 3.16. The summed E-state index contributed by atoms with van der Waals surface area (Å²) < 4.78 is 5.30. The lowest BCUT2D eigenvalue weighted by Gasteiger charge is -2.13. The van der Waals surface area contributed by atoms with Gasteiger partial charge in [-0.15, -0.1) is 11.8 Å². The zero-order valence-electron chi connectivity index (χ0n) is 9.35. The van der Waals surface area contributed by atoms with Crippen molar-refractivity contribution in [3.05, 3.63) is 12.7 Å². The van der Waals surface area contributed by atoms with E-state index in [1.807, 2.05) is 0 Å². The van der Waals surface area contributed by atoms with Gasteiger partial charge in [-0.1, -0.05) is 0 Å². The van der Waals surface area contributed by atoms with Crippen LogP contribution in [0.15, 0.2) is 17.7 Å². The number of thioether (sulfide) groups is 1. The van der Waals surface area contributed by atoms with Crippen molar-refractivity contribution in [1.82, 2.24) is 19.9 Å². The molecular formula is C10H12N4O3S. The number of rotatable bonds is 3. The summed E-state index contributed by atoms with van der Waals surface area (Å²) in [5, 5.41) is 19.8. The number of aromatic nitrogens is 4. The molecule has 1 fully saturated rings. The molecule has 3 atom stereocenters. The first-order valence-electron chi connectivity index (χ1n) is 5.50. The maximum absolute atomic E-state index is 9.67. The number of ether oxygens (including phenoxy) is 1. The Morgan fingerprint density at radius 1 is 1.39 bits per heavy atom. The normalized spacial score (nSPS) is 28.0. The van der Waals surface area contributed by atoms with Crippen LogP contribution in [0, 0.1) is 0 Å². The molecular weight excluding hydrogens is 256 g/mol. The third kappa shape index (κ3) is 2.07. The van der Waals surface area contributed by atoms with Gasteiger partial charge in [0.25, 0.3) is 0 Å². The van der Waals surface area contributed by atoms with E-state index in [0.717, 1.165) is 10.5 Å². The Labute approximate surface area is 107 Å². The van der Waals surface area contributed by atoms with Gasteiger partial charge in [0.15, 0.2) is 5.65 Å². The monoisotopic (exact) mass is 268 g/mol. The number of hydrogen-bond donors (Lipinski definition) is 3. The van der Waals surface area contributed by atoms with Crippen molar-refractivity contribution >= 4 is 22.9 Å². The minimum absolute atomic E-state index is 0.176. The van der Waals surface area contributed by atoms with Gasteiger partial charge in [0, 0.05) is 5.75 Å². The lowest BCUT2D eigenvalue weighted by Crippen LogP contribution is -2.31. The molecule has 8 heteroatoms. The maximum Gasteiger partial charge on any atom is 0.181 e. The first-order valence-corrected chi connectivity index (χ1v) is 6.49. The van der Waals surface area contributed by atoms with Gasteiger partial charge in [0.1, 0.15) is 29.1 Å². The van der Waals surface area contributed by atoms with Crippen molar-refractivity contribution in [2.75, 3.05) is 12.4 Å². The third-order valence-electron chi connectivity index (χ3n) is 2.83. The fourth-order valence-corrected chi connectivity index (χ4v) is 2.86. The number of aromatic amines is 1. The Bertz CT molecular complexity index is 549. The Morgan fingerprint density at radius 2 is 2.28 bits per heavy atom. The molecule has 7 nitrogen and oxygen atoms in total. The van der Waals surface area contributed by atoms with Gasteiger partial charge in [-0.3, -0.25) is 0 Å². The highest BCUT2D eigenvalue weighted by Crippen LogP contribution is 2.26. The van der Waals surface area contributed by atoms with E-state index in [2.05, 4.69) is 19.9 Å². The number of H-pyrrole nitrogens is 1. The molecule has 2 aromatic rings. The largest absolute Gasteiger partial charge is 0.388 e. The summed E-state index contributed by atoms with van der Waals surface area (Å²) in [6.45, 7) is 0.176. The number of imidazole rings is 1. The lowest BCUT2D eigenvalue weighted by atomic mass is 10.2. The topological polar surface area (TPSA) is 104 Å². The van der Waals surface area contributed by atoms with Gasteiger partial charge in [-0.2, -0.15) is 0 Å². The SMILES string of the molecule is OC1COC(CSc2ncnc3nc[nH]c23)C1O. The van der Waals surface area contributed by atoms with Crippen LogP contribution in [0.25, 0.3) is 11.2 Å². The molecule has 3 rings (SSSR count). The van der Waals surface area contributed by atoms with E-state index < -0.39 is 12.2 Å². The quantitative estimate of drug-likeness (QED) is 0.512. The lowest BCUT2D eigenvalue weighted by molar-refractivity contribution is 0.0337. The Morgan fingerprint density at radius 3 is 3.06 bits per heavy atom. The minimum Gasteiger partial charge on any atom is -0.388 e. The number of hydrogen-bond acceptors (Lipinski definition) is 7. The van der Waals surface area contributed by atoms with Crippen LogP contribution >= 0.6 is 11.8 Å². The standard InChI is InChI=1S/C10H12N4O3S/c15-5-1-17-6(8(5)16)2-18-10-7-9(12-3-11-7)13-4-14-10/h3-6,8,15-16H,1-2H2,(H,11,12,13,14).